The molecule has 3 aromatic rings. The van der Waals surface area contributed by atoms with Gasteiger partial charge in [-0.2, -0.15) is 0 Å². The maximum atomic E-state index is 14.8. The molecule has 0 nitrogen and oxygen atoms in total. The summed E-state index contributed by atoms with van der Waals surface area (Å²) in [6.07, 6.45) is 8.69. The van der Waals surface area contributed by atoms with Crippen LogP contribution in [0.15, 0.2) is 79.4 Å². The number of hydrogen-bond donors (Lipinski definition) is 0. The quantitative estimate of drug-likeness (QED) is 0.263. The van der Waals surface area contributed by atoms with E-state index in [-0.39, 0.29) is 5.82 Å². The van der Waals surface area contributed by atoms with E-state index in [0.29, 0.717) is 5.56 Å². The zero-order valence-corrected chi connectivity index (χ0v) is 16.8. The number of rotatable bonds is 9. The molecule has 0 spiro atoms. The van der Waals surface area contributed by atoms with Gasteiger partial charge < -0.3 is 0 Å². The number of benzene rings is 3. The molecule has 0 unspecified atom stereocenters. The van der Waals surface area contributed by atoms with E-state index < -0.39 is 0 Å². The molecule has 0 aliphatic carbocycles. The fourth-order valence-electron chi connectivity index (χ4n) is 3.49. The van der Waals surface area contributed by atoms with Crippen LogP contribution in [0.3, 0.4) is 0 Å². The Morgan fingerprint density at radius 3 is 1.96 bits per heavy atom. The minimum absolute atomic E-state index is 0.174. The van der Waals surface area contributed by atoms with Crippen molar-refractivity contribution >= 4 is 0 Å². The van der Waals surface area contributed by atoms with Crippen LogP contribution in [0.25, 0.3) is 22.3 Å². The van der Waals surface area contributed by atoms with Crippen molar-refractivity contribution in [3.8, 4) is 22.3 Å². The molecule has 0 atom stereocenters. The van der Waals surface area contributed by atoms with Gasteiger partial charge in [-0.1, -0.05) is 86.5 Å². The van der Waals surface area contributed by atoms with Crippen molar-refractivity contribution in [1.82, 2.24) is 0 Å². The summed E-state index contributed by atoms with van der Waals surface area (Å²) in [5.74, 6) is -0.174. The number of halogens is 1. The summed E-state index contributed by atoms with van der Waals surface area (Å²) in [7, 11) is 0. The lowest BCUT2D eigenvalue weighted by molar-refractivity contribution is 0.632. The van der Waals surface area contributed by atoms with Gasteiger partial charge in [-0.15, -0.1) is 6.58 Å². The molecule has 0 radical (unpaired) electrons. The van der Waals surface area contributed by atoms with Crippen molar-refractivity contribution in [2.24, 2.45) is 0 Å². The van der Waals surface area contributed by atoms with E-state index in [1.807, 2.05) is 30.3 Å². The number of allylic oxidation sites excluding steroid dienone is 1. The third kappa shape index (κ3) is 5.19. The van der Waals surface area contributed by atoms with E-state index >= 15 is 0 Å². The molecule has 0 aliphatic rings. The smallest absolute Gasteiger partial charge is 0.131 e. The first kappa shape index (κ1) is 20.1. The molecular weight excluding hydrogens is 343 g/mol. The third-order valence-electron chi connectivity index (χ3n) is 5.23. The Labute approximate surface area is 168 Å². The minimum atomic E-state index is -0.174. The van der Waals surface area contributed by atoms with Crippen LogP contribution in [0.4, 0.5) is 4.39 Å². The van der Waals surface area contributed by atoms with Crippen LogP contribution in [0.5, 0.6) is 0 Å². The number of aryl methyl sites for hydroxylation is 2. The van der Waals surface area contributed by atoms with Gasteiger partial charge in [-0.05, 0) is 59.6 Å². The van der Waals surface area contributed by atoms with Gasteiger partial charge >= 0.3 is 0 Å². The number of unbranched alkanes of at least 4 members (excludes halogenated alkanes) is 2. The predicted molar refractivity (Wildman–Crippen MR) is 119 cm³/mol. The van der Waals surface area contributed by atoms with Gasteiger partial charge in [0.15, 0.2) is 0 Å². The van der Waals surface area contributed by atoms with Crippen LogP contribution in [-0.2, 0) is 12.8 Å². The highest BCUT2D eigenvalue weighted by molar-refractivity contribution is 5.71. The van der Waals surface area contributed by atoms with Crippen LogP contribution in [-0.4, -0.2) is 0 Å². The molecule has 0 saturated carbocycles. The van der Waals surface area contributed by atoms with Crippen LogP contribution in [0, 0.1) is 5.82 Å². The van der Waals surface area contributed by atoms with Crippen molar-refractivity contribution in [1.29, 1.82) is 0 Å². The molecule has 144 valence electrons. The van der Waals surface area contributed by atoms with Gasteiger partial charge in [0.05, 0.1) is 0 Å². The zero-order valence-electron chi connectivity index (χ0n) is 16.8. The highest BCUT2D eigenvalue weighted by Crippen LogP contribution is 2.28. The van der Waals surface area contributed by atoms with E-state index in [4.69, 9.17) is 0 Å². The molecule has 3 aromatic carbocycles. The minimum Gasteiger partial charge on any atom is -0.206 e. The van der Waals surface area contributed by atoms with E-state index in [1.54, 1.807) is 6.07 Å². The Hall–Kier alpha value is -2.67. The normalized spacial score (nSPS) is 10.8. The molecular formula is C27H29F. The molecule has 0 fully saturated rings. The SMILES string of the molecule is C=CCCc1ccc(-c2ccc(-c3ccc(CCCCC)cc3)c(F)c2)cc1. The van der Waals surface area contributed by atoms with Crippen LogP contribution < -0.4 is 0 Å². The molecule has 0 bridgehead atoms. The van der Waals surface area contributed by atoms with Crippen LogP contribution in [0.1, 0.15) is 43.7 Å². The predicted octanol–water partition coefficient (Wildman–Crippen LogP) is 8.01. The first-order valence-electron chi connectivity index (χ1n) is 10.3. The van der Waals surface area contributed by atoms with Crippen molar-refractivity contribution in [3.05, 3.63) is 96.3 Å². The maximum Gasteiger partial charge on any atom is 0.131 e. The van der Waals surface area contributed by atoms with Crippen molar-refractivity contribution in [2.45, 2.75) is 45.4 Å². The molecule has 0 amide bonds. The Morgan fingerprint density at radius 1 is 0.750 bits per heavy atom. The summed E-state index contributed by atoms with van der Waals surface area (Å²) in [6.45, 7) is 5.98. The second kappa shape index (κ2) is 10.0. The molecule has 3 rings (SSSR count). The second-order valence-electron chi connectivity index (χ2n) is 7.37. The highest BCUT2D eigenvalue weighted by Gasteiger charge is 2.08. The van der Waals surface area contributed by atoms with Gasteiger partial charge in [-0.25, -0.2) is 4.39 Å². The summed E-state index contributed by atoms with van der Waals surface area (Å²) in [4.78, 5) is 0. The summed E-state index contributed by atoms with van der Waals surface area (Å²) < 4.78 is 14.8. The Balaban J connectivity index is 1.74. The molecule has 28 heavy (non-hydrogen) atoms. The fourth-order valence-corrected chi connectivity index (χ4v) is 3.49. The van der Waals surface area contributed by atoms with Crippen molar-refractivity contribution in [3.63, 3.8) is 0 Å². The lowest BCUT2D eigenvalue weighted by Gasteiger charge is -2.09. The molecule has 0 heterocycles. The monoisotopic (exact) mass is 372 g/mol. The van der Waals surface area contributed by atoms with Gasteiger partial charge in [0, 0.05) is 5.56 Å². The largest absolute Gasteiger partial charge is 0.206 e. The second-order valence-corrected chi connectivity index (χ2v) is 7.37. The van der Waals surface area contributed by atoms with Gasteiger partial charge in [0.1, 0.15) is 5.82 Å². The van der Waals surface area contributed by atoms with Crippen LogP contribution in [0.2, 0.25) is 0 Å². The van der Waals surface area contributed by atoms with Gasteiger partial charge in [-0.3, -0.25) is 0 Å². The summed E-state index contributed by atoms with van der Waals surface area (Å²) >= 11 is 0. The average molecular weight is 373 g/mol. The molecule has 0 saturated heterocycles. The number of hydrogen-bond acceptors (Lipinski definition) is 0. The van der Waals surface area contributed by atoms with Crippen LogP contribution >= 0.6 is 0 Å². The Kier molecular flexibility index (Phi) is 7.19. The Bertz CT molecular complexity index is 889. The lowest BCUT2D eigenvalue weighted by atomic mass is 9.97. The van der Waals surface area contributed by atoms with E-state index in [9.17, 15) is 4.39 Å². The van der Waals surface area contributed by atoms with E-state index in [0.717, 1.165) is 36.0 Å². The molecule has 0 N–H and O–H groups in total. The molecule has 0 aliphatic heterocycles. The van der Waals surface area contributed by atoms with Crippen molar-refractivity contribution in [2.75, 3.05) is 0 Å². The third-order valence-corrected chi connectivity index (χ3v) is 5.23. The zero-order chi connectivity index (χ0) is 19.8. The van der Waals surface area contributed by atoms with Crippen molar-refractivity contribution < 1.29 is 4.39 Å². The highest BCUT2D eigenvalue weighted by atomic mass is 19.1. The summed E-state index contributed by atoms with van der Waals surface area (Å²) in [6, 6.07) is 22.2. The Morgan fingerprint density at radius 2 is 1.36 bits per heavy atom. The lowest BCUT2D eigenvalue weighted by Crippen LogP contribution is -1.89. The summed E-state index contributed by atoms with van der Waals surface area (Å²) in [5, 5.41) is 0. The first-order chi connectivity index (χ1) is 13.7. The maximum absolute atomic E-state index is 14.8. The molecule has 0 aromatic heterocycles. The fraction of sp³-hybridized carbons (Fsp3) is 0.259. The topological polar surface area (TPSA) is 0 Å². The van der Waals surface area contributed by atoms with Gasteiger partial charge in [0.25, 0.3) is 0 Å². The molecule has 1 heteroatoms. The van der Waals surface area contributed by atoms with E-state index in [1.165, 1.54) is 30.4 Å². The standard InChI is InChI=1S/C27H29F/c1-3-5-7-9-22-12-16-24(17-13-22)26-19-18-25(20-27(26)28)23-14-10-21(11-15-23)8-6-4-2/h4,10-20H,2-3,5-9H2,1H3. The summed E-state index contributed by atoms with van der Waals surface area (Å²) in [5.41, 5.74) is 6.15. The van der Waals surface area contributed by atoms with Gasteiger partial charge in [0.2, 0.25) is 0 Å². The first-order valence-corrected chi connectivity index (χ1v) is 10.3. The average Bonchev–Trinajstić information content (AvgIpc) is 2.73. The van der Waals surface area contributed by atoms with E-state index in [2.05, 4.69) is 49.9 Å².